The van der Waals surface area contributed by atoms with E-state index >= 15 is 0 Å². The molecule has 0 unspecified atom stereocenters. The van der Waals surface area contributed by atoms with Crippen molar-refractivity contribution in [2.75, 3.05) is 39.0 Å². The van der Waals surface area contributed by atoms with Gasteiger partial charge in [-0.15, -0.1) is 0 Å². The van der Waals surface area contributed by atoms with Crippen LogP contribution in [0, 0.1) is 0 Å². The number of anilines is 1. The van der Waals surface area contributed by atoms with Crippen molar-refractivity contribution in [3.8, 4) is 0 Å². The maximum Gasteiger partial charge on any atom is 0.226 e. The van der Waals surface area contributed by atoms with Gasteiger partial charge in [0.1, 0.15) is 0 Å². The van der Waals surface area contributed by atoms with Crippen LogP contribution < -0.4 is 5.32 Å². The molecular weight excluding hydrogens is 337 g/mol. The maximum atomic E-state index is 12.0. The third-order valence-electron chi connectivity index (χ3n) is 3.31. The highest BCUT2D eigenvalue weighted by Gasteiger charge is 2.13. The Balaban J connectivity index is 2.49. The third-order valence-corrected chi connectivity index (χ3v) is 4.13. The largest absolute Gasteiger partial charge is 0.342 e. The summed E-state index contributed by atoms with van der Waals surface area (Å²) in [7, 11) is 3.97. The van der Waals surface area contributed by atoms with Gasteiger partial charge in [0.15, 0.2) is 0 Å². The van der Waals surface area contributed by atoms with Gasteiger partial charge in [0, 0.05) is 26.4 Å². The predicted molar refractivity (Wildman–Crippen MR) is 95.1 cm³/mol. The van der Waals surface area contributed by atoms with Crippen LogP contribution in [0.4, 0.5) is 5.69 Å². The zero-order chi connectivity index (χ0) is 17.4. The van der Waals surface area contributed by atoms with Crippen LogP contribution >= 0.6 is 23.2 Å². The van der Waals surface area contributed by atoms with E-state index in [2.05, 4.69) is 10.2 Å². The van der Waals surface area contributed by atoms with Crippen LogP contribution in [0.3, 0.4) is 0 Å². The number of hydrogen-bond donors (Lipinski definition) is 1. The minimum absolute atomic E-state index is 0.0302. The summed E-state index contributed by atoms with van der Waals surface area (Å²) in [6, 6.07) is 5.06. The number of rotatable bonds is 8. The highest BCUT2D eigenvalue weighted by atomic mass is 35.5. The number of carbonyl (C=O) groups is 2. The van der Waals surface area contributed by atoms with Gasteiger partial charge in [-0.05, 0) is 39.2 Å². The molecule has 1 rings (SSSR count). The molecule has 0 aliphatic carbocycles. The zero-order valence-electron chi connectivity index (χ0n) is 13.7. The number of amides is 2. The number of benzene rings is 1. The molecule has 1 aromatic rings. The normalized spacial score (nSPS) is 10.7. The lowest BCUT2D eigenvalue weighted by Gasteiger charge is -2.21. The topological polar surface area (TPSA) is 52.7 Å². The Labute approximate surface area is 147 Å². The number of nitrogens with zero attached hydrogens (tertiary/aromatic N) is 2. The summed E-state index contributed by atoms with van der Waals surface area (Å²) in [6.45, 7) is 3.43. The first kappa shape index (κ1) is 19.7. The number of nitrogens with one attached hydrogen (secondary N) is 1. The van der Waals surface area contributed by atoms with E-state index < -0.39 is 0 Å². The highest BCUT2D eigenvalue weighted by Crippen LogP contribution is 2.29. The van der Waals surface area contributed by atoms with Crippen LogP contribution in [-0.4, -0.2) is 55.3 Å². The summed E-state index contributed by atoms with van der Waals surface area (Å²) in [5, 5.41) is 3.42. The average Bonchev–Trinajstić information content (AvgIpc) is 2.46. The second kappa shape index (κ2) is 9.75. The van der Waals surface area contributed by atoms with Gasteiger partial charge in [0.25, 0.3) is 0 Å². The molecule has 0 atom stereocenters. The fourth-order valence-corrected chi connectivity index (χ4v) is 2.40. The van der Waals surface area contributed by atoms with E-state index in [-0.39, 0.29) is 18.2 Å². The number of carbonyl (C=O) groups excluding carboxylic acids is 2. The van der Waals surface area contributed by atoms with Gasteiger partial charge in [-0.2, -0.15) is 0 Å². The van der Waals surface area contributed by atoms with E-state index in [0.29, 0.717) is 28.8 Å². The molecule has 0 aromatic heterocycles. The van der Waals surface area contributed by atoms with Crippen LogP contribution in [0.2, 0.25) is 10.0 Å². The molecule has 0 aliphatic rings. The van der Waals surface area contributed by atoms with Crippen molar-refractivity contribution in [3.63, 3.8) is 0 Å². The summed E-state index contributed by atoms with van der Waals surface area (Å²) in [5.41, 5.74) is 0.478. The Hall–Kier alpha value is -1.30. The number of hydrogen-bond acceptors (Lipinski definition) is 3. The van der Waals surface area contributed by atoms with Gasteiger partial charge in [0.05, 0.1) is 15.7 Å². The van der Waals surface area contributed by atoms with E-state index in [4.69, 9.17) is 23.2 Å². The summed E-state index contributed by atoms with van der Waals surface area (Å²) >= 11 is 11.9. The van der Waals surface area contributed by atoms with E-state index in [1.807, 2.05) is 14.1 Å². The Morgan fingerprint density at radius 3 is 2.43 bits per heavy atom. The standard InChI is InChI=1S/C16H23Cl2N3O2/c1-12(22)21(10-5-9-20(2)3)11-8-15(23)19-14-7-4-6-13(17)16(14)18/h4,6-7H,5,8-11H2,1-3H3,(H,19,23). The summed E-state index contributed by atoms with van der Waals surface area (Å²) in [5.74, 6) is -0.231. The van der Waals surface area contributed by atoms with Gasteiger partial charge in [-0.3, -0.25) is 9.59 Å². The zero-order valence-corrected chi connectivity index (χ0v) is 15.2. The lowest BCUT2D eigenvalue weighted by Crippen LogP contribution is -2.34. The molecule has 23 heavy (non-hydrogen) atoms. The fraction of sp³-hybridized carbons (Fsp3) is 0.500. The van der Waals surface area contributed by atoms with Gasteiger partial charge < -0.3 is 15.1 Å². The molecular formula is C16H23Cl2N3O2. The molecule has 0 bridgehead atoms. The lowest BCUT2D eigenvalue weighted by atomic mass is 10.2. The van der Waals surface area contributed by atoms with Crippen molar-refractivity contribution in [3.05, 3.63) is 28.2 Å². The Morgan fingerprint density at radius 2 is 1.83 bits per heavy atom. The van der Waals surface area contributed by atoms with Gasteiger partial charge in [-0.1, -0.05) is 29.3 Å². The van der Waals surface area contributed by atoms with E-state index in [0.717, 1.165) is 13.0 Å². The van der Waals surface area contributed by atoms with E-state index in [9.17, 15) is 9.59 Å². The van der Waals surface area contributed by atoms with Crippen molar-refractivity contribution in [1.82, 2.24) is 9.80 Å². The van der Waals surface area contributed by atoms with Crippen molar-refractivity contribution in [1.29, 1.82) is 0 Å². The molecule has 128 valence electrons. The molecule has 0 spiro atoms. The molecule has 5 nitrogen and oxygen atoms in total. The Bertz CT molecular complexity index is 550. The Kier molecular flexibility index (Phi) is 8.37. The van der Waals surface area contributed by atoms with Crippen molar-refractivity contribution >= 4 is 40.7 Å². The van der Waals surface area contributed by atoms with Gasteiger partial charge in [0.2, 0.25) is 11.8 Å². The first-order chi connectivity index (χ1) is 10.8. The third kappa shape index (κ3) is 7.20. The second-order valence-electron chi connectivity index (χ2n) is 5.56. The lowest BCUT2D eigenvalue weighted by molar-refractivity contribution is -0.129. The predicted octanol–water partition coefficient (Wildman–Crippen LogP) is 3.12. The quantitative estimate of drug-likeness (QED) is 0.775. The summed E-state index contributed by atoms with van der Waals surface area (Å²) < 4.78 is 0. The minimum Gasteiger partial charge on any atom is -0.342 e. The van der Waals surface area contributed by atoms with Crippen molar-refractivity contribution in [2.24, 2.45) is 0 Å². The van der Waals surface area contributed by atoms with E-state index in [1.165, 1.54) is 6.92 Å². The molecule has 0 saturated carbocycles. The van der Waals surface area contributed by atoms with E-state index in [1.54, 1.807) is 23.1 Å². The average molecular weight is 360 g/mol. The second-order valence-corrected chi connectivity index (χ2v) is 6.35. The van der Waals surface area contributed by atoms with Crippen LogP contribution in [-0.2, 0) is 9.59 Å². The number of halogens is 2. The smallest absolute Gasteiger partial charge is 0.226 e. The molecule has 1 N–H and O–H groups in total. The molecule has 1 aromatic carbocycles. The highest BCUT2D eigenvalue weighted by molar-refractivity contribution is 6.43. The summed E-state index contributed by atoms with van der Waals surface area (Å²) in [6.07, 6.45) is 1.08. The molecule has 0 fully saturated rings. The maximum absolute atomic E-state index is 12.0. The monoisotopic (exact) mass is 359 g/mol. The first-order valence-electron chi connectivity index (χ1n) is 7.45. The molecule has 2 amide bonds. The van der Waals surface area contributed by atoms with Crippen LogP contribution in [0.1, 0.15) is 19.8 Å². The van der Waals surface area contributed by atoms with Gasteiger partial charge >= 0.3 is 0 Å². The van der Waals surface area contributed by atoms with Crippen molar-refractivity contribution in [2.45, 2.75) is 19.8 Å². The molecule has 7 heteroatoms. The molecule has 0 aliphatic heterocycles. The SMILES string of the molecule is CC(=O)N(CCCN(C)C)CCC(=O)Nc1cccc(Cl)c1Cl. The fourth-order valence-electron chi connectivity index (χ4n) is 2.05. The van der Waals surface area contributed by atoms with Crippen molar-refractivity contribution < 1.29 is 9.59 Å². The van der Waals surface area contributed by atoms with Crippen LogP contribution in [0.25, 0.3) is 0 Å². The van der Waals surface area contributed by atoms with Crippen LogP contribution in [0.15, 0.2) is 18.2 Å². The molecule has 0 saturated heterocycles. The van der Waals surface area contributed by atoms with Crippen LogP contribution in [0.5, 0.6) is 0 Å². The molecule has 0 radical (unpaired) electrons. The summed E-state index contributed by atoms with van der Waals surface area (Å²) in [4.78, 5) is 27.4. The molecule has 0 heterocycles. The van der Waals surface area contributed by atoms with Gasteiger partial charge in [-0.25, -0.2) is 0 Å². The minimum atomic E-state index is -0.201. The first-order valence-corrected chi connectivity index (χ1v) is 8.21. The Morgan fingerprint density at radius 1 is 1.13 bits per heavy atom.